The standard InChI is InChI=1S/2C11H14N2O/c2*1-13-7-6-8-4-2-3-5-9(8)10(12)11(13)14/h2*2-5,10H,6-7,12H2,1H3/t10-;/m0./s1. The third kappa shape index (κ3) is 4.08. The van der Waals surface area contributed by atoms with E-state index < -0.39 is 12.1 Å². The molecule has 2 amide bonds. The molecule has 4 N–H and O–H groups in total. The van der Waals surface area contributed by atoms with Gasteiger partial charge < -0.3 is 21.3 Å². The Labute approximate surface area is 166 Å². The number of amides is 2. The van der Waals surface area contributed by atoms with Gasteiger partial charge in [0.15, 0.2) is 0 Å². The Balaban J connectivity index is 0.000000161. The molecule has 0 fully saturated rings. The SMILES string of the molecule is CN1CCc2ccccc2C(N)C1=O.CN1CCc2ccccc2[C@H](N)C1=O. The smallest absolute Gasteiger partial charge is 0.243 e. The van der Waals surface area contributed by atoms with Crippen molar-refractivity contribution < 1.29 is 9.59 Å². The van der Waals surface area contributed by atoms with Gasteiger partial charge in [-0.15, -0.1) is 0 Å². The maximum Gasteiger partial charge on any atom is 0.243 e. The second-order valence-electron chi connectivity index (χ2n) is 7.37. The summed E-state index contributed by atoms with van der Waals surface area (Å²) in [7, 11) is 3.60. The number of hydrogen-bond acceptors (Lipinski definition) is 4. The first-order chi connectivity index (χ1) is 13.4. The van der Waals surface area contributed by atoms with Crippen molar-refractivity contribution in [3.63, 3.8) is 0 Å². The zero-order chi connectivity index (χ0) is 20.3. The van der Waals surface area contributed by atoms with Crippen molar-refractivity contribution in [2.75, 3.05) is 27.2 Å². The average molecular weight is 380 g/mol. The van der Waals surface area contributed by atoms with Gasteiger partial charge in [-0.1, -0.05) is 48.5 Å². The van der Waals surface area contributed by atoms with Gasteiger partial charge in [0.05, 0.1) is 0 Å². The molecule has 2 atom stereocenters. The highest BCUT2D eigenvalue weighted by atomic mass is 16.2. The third-order valence-corrected chi connectivity index (χ3v) is 5.50. The minimum absolute atomic E-state index is 0.00921. The number of carbonyl (C=O) groups excluding carboxylic acids is 2. The zero-order valence-corrected chi connectivity index (χ0v) is 16.5. The molecular weight excluding hydrogens is 352 g/mol. The molecule has 6 nitrogen and oxygen atoms in total. The van der Waals surface area contributed by atoms with Crippen LogP contribution >= 0.6 is 0 Å². The van der Waals surface area contributed by atoms with E-state index in [0.29, 0.717) is 0 Å². The van der Waals surface area contributed by atoms with Gasteiger partial charge in [-0.3, -0.25) is 9.59 Å². The van der Waals surface area contributed by atoms with Gasteiger partial charge >= 0.3 is 0 Å². The predicted octanol–water partition coefficient (Wildman–Crippen LogP) is 1.40. The second-order valence-corrected chi connectivity index (χ2v) is 7.37. The van der Waals surface area contributed by atoms with Gasteiger partial charge in [-0.25, -0.2) is 0 Å². The fraction of sp³-hybridized carbons (Fsp3) is 0.364. The van der Waals surface area contributed by atoms with Gasteiger partial charge in [0.25, 0.3) is 0 Å². The zero-order valence-electron chi connectivity index (χ0n) is 16.5. The largest absolute Gasteiger partial charge is 0.344 e. The van der Waals surface area contributed by atoms with Crippen LogP contribution in [0.25, 0.3) is 0 Å². The highest BCUT2D eigenvalue weighted by Crippen LogP contribution is 2.22. The van der Waals surface area contributed by atoms with Crippen molar-refractivity contribution in [3.8, 4) is 0 Å². The van der Waals surface area contributed by atoms with Crippen molar-refractivity contribution in [1.29, 1.82) is 0 Å². The molecule has 4 rings (SSSR count). The van der Waals surface area contributed by atoms with Crippen molar-refractivity contribution in [3.05, 3.63) is 70.8 Å². The molecule has 148 valence electrons. The molecule has 1 unspecified atom stereocenters. The Bertz CT molecular complexity index is 796. The lowest BCUT2D eigenvalue weighted by Crippen LogP contribution is -2.34. The number of benzene rings is 2. The van der Waals surface area contributed by atoms with Crippen LogP contribution in [0.4, 0.5) is 0 Å². The first-order valence-corrected chi connectivity index (χ1v) is 9.57. The number of carbonyl (C=O) groups is 2. The van der Waals surface area contributed by atoms with Crippen LogP contribution in [-0.4, -0.2) is 48.8 Å². The van der Waals surface area contributed by atoms with Crippen LogP contribution in [0.1, 0.15) is 34.3 Å². The normalized spacial score (nSPS) is 21.7. The minimum Gasteiger partial charge on any atom is -0.344 e. The lowest BCUT2D eigenvalue weighted by molar-refractivity contribution is -0.131. The molecule has 0 radical (unpaired) electrons. The summed E-state index contributed by atoms with van der Waals surface area (Å²) >= 11 is 0. The van der Waals surface area contributed by atoms with Crippen molar-refractivity contribution in [1.82, 2.24) is 9.80 Å². The maximum absolute atomic E-state index is 11.7. The molecule has 0 spiro atoms. The predicted molar refractivity (Wildman–Crippen MR) is 109 cm³/mol. The van der Waals surface area contributed by atoms with E-state index in [9.17, 15) is 9.59 Å². The highest BCUT2D eigenvalue weighted by Gasteiger charge is 2.26. The van der Waals surface area contributed by atoms with Gasteiger partial charge in [0.2, 0.25) is 11.8 Å². The second kappa shape index (κ2) is 8.54. The fourth-order valence-corrected chi connectivity index (χ4v) is 3.67. The molecule has 0 aromatic heterocycles. The maximum atomic E-state index is 11.7. The molecule has 2 aliphatic heterocycles. The number of fused-ring (bicyclic) bond motifs is 2. The van der Waals surface area contributed by atoms with Crippen LogP contribution in [0.15, 0.2) is 48.5 Å². The lowest BCUT2D eigenvalue weighted by atomic mass is 10.00. The summed E-state index contributed by atoms with van der Waals surface area (Å²) in [6, 6.07) is 14.8. The van der Waals surface area contributed by atoms with Crippen LogP contribution < -0.4 is 11.5 Å². The molecule has 0 saturated heterocycles. The van der Waals surface area contributed by atoms with E-state index in [0.717, 1.165) is 37.1 Å². The van der Waals surface area contributed by atoms with Crippen molar-refractivity contribution in [2.45, 2.75) is 24.9 Å². The van der Waals surface area contributed by atoms with E-state index in [4.69, 9.17) is 11.5 Å². The Kier molecular flexibility index (Phi) is 6.11. The minimum atomic E-state index is -0.487. The van der Waals surface area contributed by atoms with Gasteiger partial charge in [-0.2, -0.15) is 0 Å². The first-order valence-electron chi connectivity index (χ1n) is 9.57. The van der Waals surface area contributed by atoms with E-state index in [1.54, 1.807) is 23.9 Å². The average Bonchev–Trinajstić information content (AvgIpc) is 2.90. The molecule has 2 aromatic carbocycles. The molecule has 2 heterocycles. The van der Waals surface area contributed by atoms with E-state index in [1.807, 2.05) is 48.5 Å². The first kappa shape index (κ1) is 20.0. The van der Waals surface area contributed by atoms with Crippen LogP contribution in [0.5, 0.6) is 0 Å². The summed E-state index contributed by atoms with van der Waals surface area (Å²) in [6.07, 6.45) is 1.79. The van der Waals surface area contributed by atoms with Crippen LogP contribution in [0, 0.1) is 0 Å². The molecular formula is C22H28N4O2. The number of hydrogen-bond donors (Lipinski definition) is 2. The molecule has 2 aliphatic rings. The van der Waals surface area contributed by atoms with Gasteiger partial charge in [0, 0.05) is 27.2 Å². The van der Waals surface area contributed by atoms with E-state index >= 15 is 0 Å². The molecule has 0 saturated carbocycles. The lowest BCUT2D eigenvalue weighted by Gasteiger charge is -2.16. The molecule has 2 aromatic rings. The van der Waals surface area contributed by atoms with Crippen molar-refractivity contribution in [2.24, 2.45) is 11.5 Å². The van der Waals surface area contributed by atoms with E-state index in [-0.39, 0.29) is 11.8 Å². The number of nitrogens with two attached hydrogens (primary N) is 2. The fourth-order valence-electron chi connectivity index (χ4n) is 3.67. The molecule has 28 heavy (non-hydrogen) atoms. The molecule has 0 bridgehead atoms. The monoisotopic (exact) mass is 380 g/mol. The molecule has 0 aliphatic carbocycles. The number of rotatable bonds is 0. The summed E-state index contributed by atoms with van der Waals surface area (Å²) in [5, 5.41) is 0. The third-order valence-electron chi connectivity index (χ3n) is 5.50. The summed E-state index contributed by atoms with van der Waals surface area (Å²) in [4.78, 5) is 26.8. The van der Waals surface area contributed by atoms with Crippen molar-refractivity contribution >= 4 is 11.8 Å². The quantitative estimate of drug-likeness (QED) is 0.723. The van der Waals surface area contributed by atoms with Crippen LogP contribution in [-0.2, 0) is 22.4 Å². The topological polar surface area (TPSA) is 92.7 Å². The van der Waals surface area contributed by atoms with Crippen LogP contribution in [0.2, 0.25) is 0 Å². The Morgan fingerprint density at radius 2 is 1.07 bits per heavy atom. The van der Waals surface area contributed by atoms with Crippen LogP contribution in [0.3, 0.4) is 0 Å². The Morgan fingerprint density at radius 3 is 1.46 bits per heavy atom. The van der Waals surface area contributed by atoms with Gasteiger partial charge in [-0.05, 0) is 35.1 Å². The van der Waals surface area contributed by atoms with E-state index in [2.05, 4.69) is 0 Å². The number of likely N-dealkylation sites (N-methyl/N-ethyl adjacent to an activating group) is 2. The Morgan fingerprint density at radius 1 is 0.714 bits per heavy atom. The summed E-state index contributed by atoms with van der Waals surface area (Å²) < 4.78 is 0. The summed E-state index contributed by atoms with van der Waals surface area (Å²) in [6.45, 7) is 1.51. The summed E-state index contributed by atoms with van der Waals surface area (Å²) in [5.74, 6) is 0.0184. The Hall–Kier alpha value is -2.70. The van der Waals surface area contributed by atoms with Gasteiger partial charge in [0.1, 0.15) is 12.1 Å². The summed E-state index contributed by atoms with van der Waals surface area (Å²) in [5.41, 5.74) is 16.1. The van der Waals surface area contributed by atoms with E-state index in [1.165, 1.54) is 11.1 Å². The highest BCUT2D eigenvalue weighted by molar-refractivity contribution is 5.84. The molecule has 6 heteroatoms. The number of nitrogens with zero attached hydrogens (tertiary/aromatic N) is 2.